The van der Waals surface area contributed by atoms with E-state index in [0.717, 1.165) is 53.8 Å². The molecule has 1 fully saturated rings. The van der Waals surface area contributed by atoms with Gasteiger partial charge in [-0.05, 0) is 48.4 Å². The van der Waals surface area contributed by atoms with E-state index < -0.39 is 5.97 Å². The van der Waals surface area contributed by atoms with Crippen molar-refractivity contribution in [3.63, 3.8) is 0 Å². The number of benzene rings is 2. The average molecular weight is 478 g/mol. The van der Waals surface area contributed by atoms with Crippen molar-refractivity contribution in [2.45, 2.75) is 57.3 Å². The lowest BCUT2D eigenvalue weighted by atomic mass is 9.84. The van der Waals surface area contributed by atoms with Crippen LogP contribution in [0.5, 0.6) is 0 Å². The van der Waals surface area contributed by atoms with E-state index in [1.165, 1.54) is 43.2 Å². The molecule has 6 heteroatoms. The van der Waals surface area contributed by atoms with Gasteiger partial charge in [-0.15, -0.1) is 11.3 Å². The summed E-state index contributed by atoms with van der Waals surface area (Å²) in [5.41, 5.74) is 6.14. The molecule has 0 aliphatic heterocycles. The van der Waals surface area contributed by atoms with E-state index >= 15 is 0 Å². The SMILES string of the molecule is O=C(O)CCNCCc1nc(-c2ccc(NCCc3ccc(C4CCCCC4)cc3)cc2)cs1. The first-order chi connectivity index (χ1) is 16.7. The van der Waals surface area contributed by atoms with Crippen LogP contribution in [0.4, 0.5) is 5.69 Å². The van der Waals surface area contributed by atoms with E-state index in [2.05, 4.69) is 64.5 Å². The number of hydrogen-bond donors (Lipinski definition) is 3. The molecule has 1 aliphatic carbocycles. The highest BCUT2D eigenvalue weighted by Crippen LogP contribution is 2.32. The number of nitrogens with zero attached hydrogens (tertiary/aromatic N) is 1. The summed E-state index contributed by atoms with van der Waals surface area (Å²) in [6, 6.07) is 17.8. The van der Waals surface area contributed by atoms with E-state index in [9.17, 15) is 4.79 Å². The fraction of sp³-hybridized carbons (Fsp3) is 0.429. The highest BCUT2D eigenvalue weighted by atomic mass is 32.1. The molecule has 2 aromatic carbocycles. The van der Waals surface area contributed by atoms with Crippen molar-refractivity contribution in [2.24, 2.45) is 0 Å². The van der Waals surface area contributed by atoms with Gasteiger partial charge in [0.1, 0.15) is 0 Å². The minimum atomic E-state index is -0.773. The molecule has 0 spiro atoms. The number of thiazole rings is 1. The second-order valence-corrected chi connectivity index (χ2v) is 10.0. The predicted molar refractivity (Wildman–Crippen MR) is 141 cm³/mol. The minimum absolute atomic E-state index is 0.149. The number of carboxylic acid groups (broad SMARTS) is 1. The van der Waals surface area contributed by atoms with Crippen LogP contribution in [0, 0.1) is 0 Å². The Kier molecular flexibility index (Phi) is 9.11. The molecule has 3 aromatic rings. The van der Waals surface area contributed by atoms with Crippen molar-refractivity contribution >= 4 is 23.0 Å². The van der Waals surface area contributed by atoms with Gasteiger partial charge in [0.25, 0.3) is 0 Å². The maximum atomic E-state index is 10.5. The summed E-state index contributed by atoms with van der Waals surface area (Å²) in [7, 11) is 0. The molecular formula is C28H35N3O2S. The van der Waals surface area contributed by atoms with Gasteiger partial charge < -0.3 is 15.7 Å². The van der Waals surface area contributed by atoms with Crippen LogP contribution in [-0.4, -0.2) is 35.7 Å². The Balaban J connectivity index is 1.20. The van der Waals surface area contributed by atoms with Crippen molar-refractivity contribution < 1.29 is 9.90 Å². The lowest BCUT2D eigenvalue weighted by Crippen LogP contribution is -2.20. The first kappa shape index (κ1) is 24.4. The molecule has 4 rings (SSSR count). The number of aromatic nitrogens is 1. The Morgan fingerprint density at radius 2 is 1.71 bits per heavy atom. The van der Waals surface area contributed by atoms with Gasteiger partial charge in [-0.25, -0.2) is 4.98 Å². The molecule has 1 heterocycles. The third-order valence-electron chi connectivity index (χ3n) is 6.56. The van der Waals surface area contributed by atoms with Gasteiger partial charge in [0.2, 0.25) is 0 Å². The van der Waals surface area contributed by atoms with Gasteiger partial charge in [-0.3, -0.25) is 4.79 Å². The summed E-state index contributed by atoms with van der Waals surface area (Å²) in [6.45, 7) is 2.15. The van der Waals surface area contributed by atoms with Gasteiger partial charge >= 0.3 is 5.97 Å². The van der Waals surface area contributed by atoms with Gasteiger partial charge in [0.15, 0.2) is 0 Å². The van der Waals surface area contributed by atoms with Crippen molar-refractivity contribution in [1.82, 2.24) is 10.3 Å². The molecule has 0 saturated heterocycles. The minimum Gasteiger partial charge on any atom is -0.481 e. The molecule has 180 valence electrons. The molecule has 0 atom stereocenters. The Morgan fingerprint density at radius 1 is 0.941 bits per heavy atom. The van der Waals surface area contributed by atoms with Crippen LogP contribution in [0.2, 0.25) is 0 Å². The normalized spacial score (nSPS) is 14.2. The quantitative estimate of drug-likeness (QED) is 0.274. The van der Waals surface area contributed by atoms with E-state index in [-0.39, 0.29) is 6.42 Å². The van der Waals surface area contributed by atoms with E-state index in [4.69, 9.17) is 10.1 Å². The van der Waals surface area contributed by atoms with Crippen molar-refractivity contribution in [3.05, 3.63) is 70.0 Å². The summed E-state index contributed by atoms with van der Waals surface area (Å²) < 4.78 is 0. The molecule has 3 N–H and O–H groups in total. The highest BCUT2D eigenvalue weighted by Gasteiger charge is 2.15. The summed E-state index contributed by atoms with van der Waals surface area (Å²) >= 11 is 1.65. The predicted octanol–water partition coefficient (Wildman–Crippen LogP) is 6.12. The number of rotatable bonds is 12. The molecule has 1 aromatic heterocycles. The fourth-order valence-electron chi connectivity index (χ4n) is 4.58. The third-order valence-corrected chi connectivity index (χ3v) is 7.47. The van der Waals surface area contributed by atoms with Crippen LogP contribution in [0.25, 0.3) is 11.3 Å². The van der Waals surface area contributed by atoms with Crippen LogP contribution in [0.15, 0.2) is 53.9 Å². The van der Waals surface area contributed by atoms with Crippen molar-refractivity contribution in [1.29, 1.82) is 0 Å². The number of hydrogen-bond acceptors (Lipinski definition) is 5. The molecule has 0 bridgehead atoms. The Hall–Kier alpha value is -2.70. The largest absolute Gasteiger partial charge is 0.481 e. The first-order valence-electron chi connectivity index (χ1n) is 12.5. The average Bonchev–Trinajstić information content (AvgIpc) is 3.34. The van der Waals surface area contributed by atoms with Crippen LogP contribution >= 0.6 is 11.3 Å². The molecule has 1 aliphatic rings. The zero-order chi connectivity index (χ0) is 23.6. The second kappa shape index (κ2) is 12.7. The summed E-state index contributed by atoms with van der Waals surface area (Å²) in [4.78, 5) is 15.3. The maximum absolute atomic E-state index is 10.5. The van der Waals surface area contributed by atoms with Gasteiger partial charge in [0.05, 0.1) is 17.1 Å². The Bertz CT molecular complexity index is 1020. The molecule has 0 radical (unpaired) electrons. The highest BCUT2D eigenvalue weighted by molar-refractivity contribution is 7.09. The molecule has 5 nitrogen and oxygen atoms in total. The number of nitrogens with one attached hydrogen (secondary N) is 2. The third kappa shape index (κ3) is 7.40. The van der Waals surface area contributed by atoms with E-state index in [0.29, 0.717) is 6.54 Å². The Labute approximate surface area is 206 Å². The van der Waals surface area contributed by atoms with Crippen LogP contribution < -0.4 is 10.6 Å². The molecule has 0 amide bonds. The van der Waals surface area contributed by atoms with Crippen molar-refractivity contribution in [3.8, 4) is 11.3 Å². The summed E-state index contributed by atoms with van der Waals surface area (Å²) in [6.07, 6.45) is 8.85. The number of anilines is 1. The first-order valence-corrected chi connectivity index (χ1v) is 13.4. The number of aliphatic carboxylic acids is 1. The van der Waals surface area contributed by atoms with Crippen LogP contribution in [0.3, 0.4) is 0 Å². The molecule has 34 heavy (non-hydrogen) atoms. The zero-order valence-electron chi connectivity index (χ0n) is 19.8. The van der Waals surface area contributed by atoms with E-state index in [1.54, 1.807) is 11.3 Å². The molecule has 0 unspecified atom stereocenters. The van der Waals surface area contributed by atoms with Gasteiger partial charge in [-0.2, -0.15) is 0 Å². The zero-order valence-corrected chi connectivity index (χ0v) is 20.6. The topological polar surface area (TPSA) is 74.2 Å². The summed E-state index contributed by atoms with van der Waals surface area (Å²) in [5, 5.41) is 18.5. The maximum Gasteiger partial charge on any atom is 0.304 e. The van der Waals surface area contributed by atoms with Gasteiger partial charge in [-0.1, -0.05) is 55.7 Å². The molecular weight excluding hydrogens is 442 g/mol. The van der Waals surface area contributed by atoms with Gasteiger partial charge in [0, 0.05) is 42.7 Å². The monoisotopic (exact) mass is 477 g/mol. The lowest BCUT2D eigenvalue weighted by molar-refractivity contribution is -0.136. The number of carbonyl (C=O) groups is 1. The van der Waals surface area contributed by atoms with Crippen LogP contribution in [0.1, 0.15) is 60.6 Å². The molecule has 1 saturated carbocycles. The van der Waals surface area contributed by atoms with E-state index in [1.807, 2.05) is 0 Å². The Morgan fingerprint density at radius 3 is 2.44 bits per heavy atom. The smallest absolute Gasteiger partial charge is 0.304 e. The lowest BCUT2D eigenvalue weighted by Gasteiger charge is -2.22. The van der Waals surface area contributed by atoms with Crippen molar-refractivity contribution in [2.75, 3.05) is 25.0 Å². The standard InChI is InChI=1S/C28H35N3O2S/c32-28(33)16-18-29-17-15-27-31-26(20-34-27)24-10-12-25(13-11-24)30-19-14-21-6-8-23(9-7-21)22-4-2-1-3-5-22/h6-13,20,22,29-30H,1-5,14-19H2,(H,32,33). The van der Waals surface area contributed by atoms with Crippen LogP contribution in [-0.2, 0) is 17.6 Å². The summed E-state index contributed by atoms with van der Waals surface area (Å²) in [5.74, 6) is -0.000732. The second-order valence-electron chi connectivity index (χ2n) is 9.10. The fourth-order valence-corrected chi connectivity index (χ4v) is 5.38. The number of carboxylic acids is 1.